The van der Waals surface area contributed by atoms with Gasteiger partial charge in [-0.15, -0.1) is 5.10 Å². The molecule has 1 aliphatic rings. The van der Waals surface area contributed by atoms with E-state index >= 15 is 0 Å². The van der Waals surface area contributed by atoms with Crippen LogP contribution in [-0.2, 0) is 4.74 Å². The van der Waals surface area contributed by atoms with Gasteiger partial charge in [-0.2, -0.15) is 0 Å². The third-order valence-electron chi connectivity index (χ3n) is 3.84. The number of hydrogen-bond donors (Lipinski definition) is 1. The summed E-state index contributed by atoms with van der Waals surface area (Å²) in [5.41, 5.74) is 2.07. The predicted octanol–water partition coefficient (Wildman–Crippen LogP) is 2.03. The van der Waals surface area contributed by atoms with Gasteiger partial charge in [-0.1, -0.05) is 6.07 Å². The van der Waals surface area contributed by atoms with Gasteiger partial charge in [-0.05, 0) is 54.3 Å². The van der Waals surface area contributed by atoms with Crippen molar-refractivity contribution < 1.29 is 4.74 Å². The van der Waals surface area contributed by atoms with Crippen LogP contribution in [0, 0.1) is 0 Å². The molecule has 0 unspecified atom stereocenters. The fourth-order valence-corrected chi connectivity index (χ4v) is 2.70. The van der Waals surface area contributed by atoms with Gasteiger partial charge in [0.15, 0.2) is 0 Å². The third-order valence-corrected chi connectivity index (χ3v) is 3.84. The van der Waals surface area contributed by atoms with E-state index in [1.165, 1.54) is 0 Å². The minimum absolute atomic E-state index is 0.431. The zero-order valence-corrected chi connectivity index (χ0v) is 11.6. The molecule has 1 heterocycles. The Morgan fingerprint density at radius 1 is 1.25 bits per heavy atom. The van der Waals surface area contributed by atoms with Crippen LogP contribution in [0.5, 0.6) is 0 Å². The molecule has 1 fully saturated rings. The maximum absolute atomic E-state index is 5.40. The fraction of sp³-hybridized carbons (Fsp3) is 0.500. The molecule has 0 bridgehead atoms. The highest BCUT2D eigenvalue weighted by Crippen LogP contribution is 2.24. The number of tetrazole rings is 1. The Kier molecular flexibility index (Phi) is 3.92. The number of benzene rings is 1. The van der Waals surface area contributed by atoms with Crippen molar-refractivity contribution in [1.29, 1.82) is 0 Å². The summed E-state index contributed by atoms with van der Waals surface area (Å²) >= 11 is 0. The number of anilines is 1. The minimum atomic E-state index is 0.431. The van der Waals surface area contributed by atoms with Crippen molar-refractivity contribution in [3.8, 4) is 5.69 Å². The van der Waals surface area contributed by atoms with Crippen molar-refractivity contribution in [3.05, 3.63) is 30.6 Å². The maximum atomic E-state index is 5.40. The highest BCUT2D eigenvalue weighted by molar-refractivity contribution is 5.51. The van der Waals surface area contributed by atoms with Crippen LogP contribution in [0.4, 0.5) is 5.69 Å². The first-order chi connectivity index (χ1) is 9.85. The predicted molar refractivity (Wildman–Crippen MR) is 75.8 cm³/mol. The Morgan fingerprint density at radius 2 is 2.10 bits per heavy atom. The van der Waals surface area contributed by atoms with Crippen molar-refractivity contribution in [2.75, 3.05) is 12.4 Å². The average Bonchev–Trinajstić information content (AvgIpc) is 3.03. The number of aromatic nitrogens is 4. The molecule has 2 aromatic rings. The molecule has 1 aromatic carbocycles. The number of nitrogens with zero attached hydrogens (tertiary/aromatic N) is 4. The van der Waals surface area contributed by atoms with Gasteiger partial charge in [0.2, 0.25) is 0 Å². The molecule has 1 saturated carbocycles. The second-order valence-electron chi connectivity index (χ2n) is 5.16. The lowest BCUT2D eigenvalue weighted by Gasteiger charge is -2.29. The van der Waals surface area contributed by atoms with E-state index in [1.807, 2.05) is 12.1 Å². The van der Waals surface area contributed by atoms with Crippen LogP contribution in [0.2, 0.25) is 0 Å². The van der Waals surface area contributed by atoms with Crippen LogP contribution in [0.1, 0.15) is 25.7 Å². The lowest BCUT2D eigenvalue weighted by atomic mass is 9.93. The van der Waals surface area contributed by atoms with Gasteiger partial charge in [0.25, 0.3) is 0 Å². The van der Waals surface area contributed by atoms with Crippen molar-refractivity contribution in [1.82, 2.24) is 20.2 Å². The zero-order valence-electron chi connectivity index (χ0n) is 11.6. The molecule has 1 aliphatic carbocycles. The average molecular weight is 273 g/mol. The molecule has 6 heteroatoms. The van der Waals surface area contributed by atoms with Crippen molar-refractivity contribution >= 4 is 5.69 Å². The SMILES string of the molecule is COC1CCC(Nc2cccc(-n3cnnn3)c2)CC1. The lowest BCUT2D eigenvalue weighted by molar-refractivity contribution is 0.0682. The molecule has 0 amide bonds. The van der Waals surface area contributed by atoms with Crippen molar-refractivity contribution in [3.63, 3.8) is 0 Å². The second-order valence-corrected chi connectivity index (χ2v) is 5.16. The van der Waals surface area contributed by atoms with E-state index in [0.717, 1.165) is 37.1 Å². The molecule has 106 valence electrons. The molecule has 3 rings (SSSR count). The fourth-order valence-electron chi connectivity index (χ4n) is 2.70. The minimum Gasteiger partial charge on any atom is -0.382 e. The molecule has 1 aromatic heterocycles. The summed E-state index contributed by atoms with van der Waals surface area (Å²) in [6, 6.07) is 8.67. The molecule has 0 radical (unpaired) electrons. The third kappa shape index (κ3) is 2.96. The molecule has 0 saturated heterocycles. The molecular weight excluding hydrogens is 254 g/mol. The van der Waals surface area contributed by atoms with E-state index in [0.29, 0.717) is 12.1 Å². The first kappa shape index (κ1) is 13.1. The monoisotopic (exact) mass is 273 g/mol. The number of ether oxygens (including phenoxy) is 1. The van der Waals surface area contributed by atoms with Crippen LogP contribution in [0.25, 0.3) is 5.69 Å². The molecule has 0 atom stereocenters. The Morgan fingerprint density at radius 3 is 2.80 bits per heavy atom. The molecule has 20 heavy (non-hydrogen) atoms. The largest absolute Gasteiger partial charge is 0.382 e. The van der Waals surface area contributed by atoms with E-state index < -0.39 is 0 Å². The van der Waals surface area contributed by atoms with Crippen LogP contribution in [-0.4, -0.2) is 39.5 Å². The van der Waals surface area contributed by atoms with Gasteiger partial charge >= 0.3 is 0 Å². The first-order valence-corrected chi connectivity index (χ1v) is 6.98. The topological polar surface area (TPSA) is 64.9 Å². The second kappa shape index (κ2) is 6.00. The Balaban J connectivity index is 1.65. The smallest absolute Gasteiger partial charge is 0.143 e. The molecule has 0 aliphatic heterocycles. The van der Waals surface area contributed by atoms with E-state index in [2.05, 4.69) is 33.0 Å². The molecule has 6 nitrogen and oxygen atoms in total. The summed E-state index contributed by atoms with van der Waals surface area (Å²) in [5.74, 6) is 0. The van der Waals surface area contributed by atoms with Gasteiger partial charge in [0.1, 0.15) is 6.33 Å². The molecule has 0 spiro atoms. The van der Waals surface area contributed by atoms with Gasteiger partial charge < -0.3 is 10.1 Å². The van der Waals surface area contributed by atoms with Gasteiger partial charge in [0, 0.05) is 18.8 Å². The van der Waals surface area contributed by atoms with Gasteiger partial charge in [-0.25, -0.2) is 4.68 Å². The van der Waals surface area contributed by atoms with Crippen molar-refractivity contribution in [2.24, 2.45) is 0 Å². The normalized spacial score (nSPS) is 22.6. The quantitative estimate of drug-likeness (QED) is 0.923. The summed E-state index contributed by atoms with van der Waals surface area (Å²) in [6.07, 6.45) is 6.58. The maximum Gasteiger partial charge on any atom is 0.143 e. The Labute approximate surface area is 118 Å². The zero-order chi connectivity index (χ0) is 13.8. The molecular formula is C14H19N5O. The number of rotatable bonds is 4. The summed E-state index contributed by atoms with van der Waals surface area (Å²) < 4.78 is 7.06. The van der Waals surface area contributed by atoms with E-state index in [1.54, 1.807) is 18.1 Å². The van der Waals surface area contributed by atoms with Crippen molar-refractivity contribution in [2.45, 2.75) is 37.8 Å². The first-order valence-electron chi connectivity index (χ1n) is 6.98. The lowest BCUT2D eigenvalue weighted by Crippen LogP contribution is -2.29. The number of methoxy groups -OCH3 is 1. The highest BCUT2D eigenvalue weighted by atomic mass is 16.5. The Bertz CT molecular complexity index is 534. The van der Waals surface area contributed by atoms with E-state index in [9.17, 15) is 0 Å². The number of nitrogens with one attached hydrogen (secondary N) is 1. The summed E-state index contributed by atoms with van der Waals surface area (Å²) in [7, 11) is 1.80. The van der Waals surface area contributed by atoms with E-state index in [4.69, 9.17) is 4.74 Å². The van der Waals surface area contributed by atoms with Crippen LogP contribution in [0.15, 0.2) is 30.6 Å². The van der Waals surface area contributed by atoms with E-state index in [-0.39, 0.29) is 0 Å². The van der Waals surface area contributed by atoms with Gasteiger partial charge in [-0.3, -0.25) is 0 Å². The number of hydrogen-bond acceptors (Lipinski definition) is 5. The van der Waals surface area contributed by atoms with Crippen LogP contribution in [0.3, 0.4) is 0 Å². The van der Waals surface area contributed by atoms with Crippen LogP contribution >= 0.6 is 0 Å². The standard InChI is InChI=1S/C14H19N5O/c1-20-14-7-5-11(6-8-14)16-12-3-2-4-13(9-12)19-10-15-17-18-19/h2-4,9-11,14,16H,5-8H2,1H3. The van der Waals surface area contributed by atoms with Crippen LogP contribution < -0.4 is 5.32 Å². The summed E-state index contributed by atoms with van der Waals surface area (Å²) in [5, 5.41) is 14.8. The highest BCUT2D eigenvalue weighted by Gasteiger charge is 2.20. The molecule has 1 N–H and O–H groups in total. The summed E-state index contributed by atoms with van der Waals surface area (Å²) in [4.78, 5) is 0. The Hall–Kier alpha value is -1.95. The van der Waals surface area contributed by atoms with Gasteiger partial charge in [0.05, 0.1) is 11.8 Å². The summed E-state index contributed by atoms with van der Waals surface area (Å²) in [6.45, 7) is 0.